The molecule has 0 amide bonds. The highest BCUT2D eigenvalue weighted by Gasteiger charge is 2.07. The van der Waals surface area contributed by atoms with Gasteiger partial charge in [-0.05, 0) is 19.1 Å². The van der Waals surface area contributed by atoms with E-state index in [1.807, 2.05) is 6.92 Å². The average molecular weight is 177 g/mol. The molecule has 0 aliphatic carbocycles. The summed E-state index contributed by atoms with van der Waals surface area (Å²) in [6, 6.07) is 3.29. The Morgan fingerprint density at radius 3 is 3.00 bits per heavy atom. The number of fused-ring (bicyclic) bond motifs is 1. The van der Waals surface area contributed by atoms with Crippen molar-refractivity contribution in [2.45, 2.75) is 13.0 Å². The van der Waals surface area contributed by atoms with Crippen LogP contribution in [0.15, 0.2) is 24.5 Å². The summed E-state index contributed by atoms with van der Waals surface area (Å²) in [6.07, 6.45) is 3.35. The predicted octanol–water partition coefficient (Wildman–Crippen LogP) is 1.06. The molecule has 4 heteroatoms. The Labute approximate surface area is 75.6 Å². The number of nitrogens with two attached hydrogens (primary N) is 1. The van der Waals surface area contributed by atoms with Crippen molar-refractivity contribution < 1.29 is 5.11 Å². The lowest BCUT2D eigenvalue weighted by atomic mass is 10.3. The zero-order chi connectivity index (χ0) is 9.42. The van der Waals surface area contributed by atoms with Gasteiger partial charge in [-0.15, -0.1) is 0 Å². The van der Waals surface area contributed by atoms with Gasteiger partial charge in [-0.3, -0.25) is 4.40 Å². The predicted molar refractivity (Wildman–Crippen MR) is 49.5 cm³/mol. The summed E-state index contributed by atoms with van der Waals surface area (Å²) in [6.45, 7) is 1.86. The van der Waals surface area contributed by atoms with Crippen LogP contribution in [0.5, 0.6) is 5.75 Å². The molecule has 0 saturated heterocycles. The lowest BCUT2D eigenvalue weighted by molar-refractivity contribution is 0.471. The lowest BCUT2D eigenvalue weighted by Crippen LogP contribution is -2.09. The Morgan fingerprint density at radius 1 is 1.54 bits per heavy atom. The molecular formula is C9H11N3O. The van der Waals surface area contributed by atoms with Crippen molar-refractivity contribution in [1.82, 2.24) is 9.38 Å². The quantitative estimate of drug-likeness (QED) is 0.684. The first-order valence-corrected chi connectivity index (χ1v) is 4.10. The highest BCUT2D eigenvalue weighted by molar-refractivity contribution is 5.48. The van der Waals surface area contributed by atoms with E-state index in [9.17, 15) is 5.11 Å². The summed E-state index contributed by atoms with van der Waals surface area (Å²) in [5, 5.41) is 9.27. The summed E-state index contributed by atoms with van der Waals surface area (Å²) < 4.78 is 1.79. The van der Waals surface area contributed by atoms with E-state index in [0.29, 0.717) is 0 Å². The van der Waals surface area contributed by atoms with Crippen LogP contribution in [-0.2, 0) is 0 Å². The zero-order valence-electron chi connectivity index (χ0n) is 7.31. The van der Waals surface area contributed by atoms with Crippen LogP contribution in [-0.4, -0.2) is 14.5 Å². The van der Waals surface area contributed by atoms with Crippen molar-refractivity contribution in [2.24, 2.45) is 5.73 Å². The number of aromatic hydroxyl groups is 1. The molecule has 0 aliphatic rings. The smallest absolute Gasteiger partial charge is 0.132 e. The van der Waals surface area contributed by atoms with Gasteiger partial charge in [0.2, 0.25) is 0 Å². The van der Waals surface area contributed by atoms with E-state index in [2.05, 4.69) is 4.98 Å². The third kappa shape index (κ3) is 1.25. The summed E-state index contributed by atoms with van der Waals surface area (Å²) in [4.78, 5) is 4.16. The molecule has 3 N–H and O–H groups in total. The molecule has 68 valence electrons. The molecule has 0 radical (unpaired) electrons. The van der Waals surface area contributed by atoms with Crippen molar-refractivity contribution >= 4 is 5.52 Å². The van der Waals surface area contributed by atoms with Gasteiger partial charge in [0.1, 0.15) is 11.6 Å². The molecule has 2 heterocycles. The topological polar surface area (TPSA) is 63.5 Å². The van der Waals surface area contributed by atoms with Crippen molar-refractivity contribution in [1.29, 1.82) is 0 Å². The maximum Gasteiger partial charge on any atom is 0.132 e. The molecule has 0 aromatic carbocycles. The van der Waals surface area contributed by atoms with Crippen molar-refractivity contribution in [3.8, 4) is 5.75 Å². The first-order valence-electron chi connectivity index (χ1n) is 4.10. The SMILES string of the molecule is CC(N)c1ncc2ccc(O)cn12. The minimum atomic E-state index is -0.135. The highest BCUT2D eigenvalue weighted by Crippen LogP contribution is 2.16. The van der Waals surface area contributed by atoms with Gasteiger partial charge in [0.15, 0.2) is 0 Å². The number of hydrogen-bond acceptors (Lipinski definition) is 3. The third-order valence-corrected chi connectivity index (χ3v) is 1.95. The summed E-state index contributed by atoms with van der Waals surface area (Å²) >= 11 is 0. The Bertz CT molecular complexity index is 433. The van der Waals surface area contributed by atoms with E-state index in [1.165, 1.54) is 0 Å². The van der Waals surface area contributed by atoms with Gasteiger partial charge in [0.25, 0.3) is 0 Å². The second kappa shape index (κ2) is 2.74. The van der Waals surface area contributed by atoms with Crippen LogP contribution in [0.3, 0.4) is 0 Å². The van der Waals surface area contributed by atoms with E-state index < -0.39 is 0 Å². The van der Waals surface area contributed by atoms with E-state index in [0.717, 1.165) is 11.3 Å². The van der Waals surface area contributed by atoms with Gasteiger partial charge in [0, 0.05) is 0 Å². The van der Waals surface area contributed by atoms with E-state index in [1.54, 1.807) is 28.9 Å². The van der Waals surface area contributed by atoms with E-state index >= 15 is 0 Å². The first-order chi connectivity index (χ1) is 6.18. The van der Waals surface area contributed by atoms with Crippen molar-refractivity contribution in [2.75, 3.05) is 0 Å². The van der Waals surface area contributed by atoms with Gasteiger partial charge in [0.05, 0.1) is 24.0 Å². The van der Waals surface area contributed by atoms with Gasteiger partial charge in [-0.2, -0.15) is 0 Å². The van der Waals surface area contributed by atoms with Gasteiger partial charge >= 0.3 is 0 Å². The standard InChI is InChI=1S/C9H11N3O/c1-6(10)9-11-4-7-2-3-8(13)5-12(7)9/h2-6,13H,10H2,1H3. The minimum absolute atomic E-state index is 0.135. The van der Waals surface area contributed by atoms with E-state index in [-0.39, 0.29) is 11.8 Å². The molecular weight excluding hydrogens is 166 g/mol. The van der Waals surface area contributed by atoms with Crippen LogP contribution in [0.1, 0.15) is 18.8 Å². The summed E-state index contributed by atoms with van der Waals surface area (Å²) in [5.74, 6) is 0.971. The number of pyridine rings is 1. The molecule has 0 aliphatic heterocycles. The van der Waals surface area contributed by atoms with Crippen LogP contribution in [0.2, 0.25) is 0 Å². The fourth-order valence-electron chi connectivity index (χ4n) is 1.34. The molecule has 0 fully saturated rings. The number of imidazole rings is 1. The fraction of sp³-hybridized carbons (Fsp3) is 0.222. The molecule has 0 saturated carbocycles. The Hall–Kier alpha value is -1.55. The Morgan fingerprint density at radius 2 is 2.31 bits per heavy atom. The maximum atomic E-state index is 9.27. The van der Waals surface area contributed by atoms with E-state index in [4.69, 9.17) is 5.73 Å². The largest absolute Gasteiger partial charge is 0.506 e. The lowest BCUT2D eigenvalue weighted by Gasteiger charge is -2.04. The van der Waals surface area contributed by atoms with Crippen molar-refractivity contribution in [3.05, 3.63) is 30.4 Å². The monoisotopic (exact) mass is 177 g/mol. The average Bonchev–Trinajstić information content (AvgIpc) is 2.46. The Balaban J connectivity index is 2.71. The molecule has 4 nitrogen and oxygen atoms in total. The van der Waals surface area contributed by atoms with Gasteiger partial charge < -0.3 is 10.8 Å². The molecule has 2 rings (SSSR count). The van der Waals surface area contributed by atoms with Gasteiger partial charge in [-0.25, -0.2) is 4.98 Å². The highest BCUT2D eigenvalue weighted by atomic mass is 16.3. The van der Waals surface area contributed by atoms with Crippen LogP contribution < -0.4 is 5.73 Å². The number of rotatable bonds is 1. The molecule has 2 aromatic heterocycles. The number of aromatic nitrogens is 2. The maximum absolute atomic E-state index is 9.27. The van der Waals surface area contributed by atoms with Crippen LogP contribution >= 0.6 is 0 Å². The Kier molecular flexibility index (Phi) is 1.70. The van der Waals surface area contributed by atoms with Crippen molar-refractivity contribution in [3.63, 3.8) is 0 Å². The molecule has 0 spiro atoms. The first kappa shape index (κ1) is 8.07. The molecule has 0 bridgehead atoms. The van der Waals surface area contributed by atoms with Crippen LogP contribution in [0.25, 0.3) is 5.52 Å². The zero-order valence-corrected chi connectivity index (χ0v) is 7.31. The normalized spacial score (nSPS) is 13.4. The molecule has 1 atom stereocenters. The second-order valence-corrected chi connectivity index (χ2v) is 3.09. The van der Waals surface area contributed by atoms with Gasteiger partial charge in [-0.1, -0.05) is 0 Å². The molecule has 2 aromatic rings. The second-order valence-electron chi connectivity index (χ2n) is 3.09. The summed E-state index contributed by atoms with van der Waals surface area (Å²) in [5.41, 5.74) is 6.64. The molecule has 13 heavy (non-hydrogen) atoms. The minimum Gasteiger partial charge on any atom is -0.506 e. The summed E-state index contributed by atoms with van der Waals surface area (Å²) in [7, 11) is 0. The number of hydrogen-bond donors (Lipinski definition) is 2. The number of nitrogens with zero attached hydrogens (tertiary/aromatic N) is 2. The van der Waals surface area contributed by atoms with Crippen LogP contribution in [0.4, 0.5) is 0 Å². The molecule has 1 unspecified atom stereocenters. The fourth-order valence-corrected chi connectivity index (χ4v) is 1.34. The van der Waals surface area contributed by atoms with Crippen LogP contribution in [0, 0.1) is 0 Å². The third-order valence-electron chi connectivity index (χ3n) is 1.95.